The normalized spacial score (nSPS) is 16.7. The lowest BCUT2D eigenvalue weighted by Gasteiger charge is -2.13. The van der Waals surface area contributed by atoms with Crippen molar-refractivity contribution in [1.29, 1.82) is 0 Å². The summed E-state index contributed by atoms with van der Waals surface area (Å²) < 4.78 is 16.8. The Kier molecular flexibility index (Phi) is 13.3. The largest absolute Gasteiger partial charge is 0.494 e. The van der Waals surface area contributed by atoms with Gasteiger partial charge in [0.15, 0.2) is 5.96 Å². The SMILES string of the molecule is CCNC(=NCCCOc1ccc(C)cc1)NCCCOC1CCOC1.I. The molecule has 0 aromatic heterocycles. The minimum absolute atomic E-state index is 0. The third kappa shape index (κ3) is 10.8. The van der Waals surface area contributed by atoms with Gasteiger partial charge in [0.05, 0.1) is 19.3 Å². The van der Waals surface area contributed by atoms with Gasteiger partial charge >= 0.3 is 0 Å². The summed E-state index contributed by atoms with van der Waals surface area (Å²) >= 11 is 0. The predicted molar refractivity (Wildman–Crippen MR) is 120 cm³/mol. The molecule has 0 bridgehead atoms. The summed E-state index contributed by atoms with van der Waals surface area (Å²) in [5, 5.41) is 6.61. The van der Waals surface area contributed by atoms with Crippen molar-refractivity contribution in [2.24, 2.45) is 4.99 Å². The fourth-order valence-corrected chi connectivity index (χ4v) is 2.59. The second kappa shape index (κ2) is 14.9. The zero-order valence-electron chi connectivity index (χ0n) is 16.5. The van der Waals surface area contributed by atoms with Crippen LogP contribution in [-0.4, -0.2) is 58.1 Å². The maximum atomic E-state index is 5.77. The molecule has 1 saturated heterocycles. The summed E-state index contributed by atoms with van der Waals surface area (Å²) in [5.74, 6) is 1.77. The molecule has 1 unspecified atom stereocenters. The molecule has 0 saturated carbocycles. The Labute approximate surface area is 180 Å². The fraction of sp³-hybridized carbons (Fsp3) is 0.650. The lowest BCUT2D eigenvalue weighted by molar-refractivity contribution is 0.0420. The van der Waals surface area contributed by atoms with Crippen molar-refractivity contribution in [3.8, 4) is 5.75 Å². The molecular formula is C20H34IN3O3. The second-order valence-electron chi connectivity index (χ2n) is 6.41. The van der Waals surface area contributed by atoms with Crippen LogP contribution in [0, 0.1) is 6.92 Å². The first-order valence-electron chi connectivity index (χ1n) is 9.69. The van der Waals surface area contributed by atoms with Crippen LogP contribution < -0.4 is 15.4 Å². The molecule has 0 spiro atoms. The van der Waals surface area contributed by atoms with Crippen molar-refractivity contribution in [2.75, 3.05) is 46.1 Å². The molecule has 1 fully saturated rings. The number of nitrogens with zero attached hydrogens (tertiary/aromatic N) is 1. The maximum absolute atomic E-state index is 5.77. The minimum atomic E-state index is 0. The molecule has 0 amide bonds. The number of aliphatic imine (C=N–C) groups is 1. The molecular weight excluding hydrogens is 457 g/mol. The van der Waals surface area contributed by atoms with Gasteiger partial charge in [-0.1, -0.05) is 17.7 Å². The Bertz CT molecular complexity index is 520. The highest BCUT2D eigenvalue weighted by Gasteiger charge is 2.15. The van der Waals surface area contributed by atoms with Crippen LogP contribution in [0.3, 0.4) is 0 Å². The van der Waals surface area contributed by atoms with Crippen LogP contribution in [0.4, 0.5) is 0 Å². The van der Waals surface area contributed by atoms with Crippen LogP contribution in [0.25, 0.3) is 0 Å². The summed E-state index contributed by atoms with van der Waals surface area (Å²) in [6.45, 7) is 9.56. The molecule has 1 aromatic carbocycles. The number of ether oxygens (including phenoxy) is 3. The van der Waals surface area contributed by atoms with E-state index in [1.165, 1.54) is 5.56 Å². The van der Waals surface area contributed by atoms with E-state index in [2.05, 4.69) is 41.6 Å². The first-order valence-corrected chi connectivity index (χ1v) is 9.69. The van der Waals surface area contributed by atoms with E-state index in [0.717, 1.165) is 70.4 Å². The van der Waals surface area contributed by atoms with Crippen LogP contribution in [0.2, 0.25) is 0 Å². The average Bonchev–Trinajstić information content (AvgIpc) is 3.16. The zero-order chi connectivity index (χ0) is 18.5. The molecule has 1 atom stereocenters. The van der Waals surface area contributed by atoms with Gasteiger partial charge in [-0.25, -0.2) is 0 Å². The molecule has 2 N–H and O–H groups in total. The lowest BCUT2D eigenvalue weighted by atomic mass is 10.2. The van der Waals surface area contributed by atoms with Gasteiger partial charge in [-0.15, -0.1) is 24.0 Å². The first kappa shape index (κ1) is 24.0. The Morgan fingerprint density at radius 1 is 1.19 bits per heavy atom. The summed E-state index contributed by atoms with van der Waals surface area (Å²) in [6, 6.07) is 8.13. The van der Waals surface area contributed by atoms with Gasteiger partial charge in [0.1, 0.15) is 5.75 Å². The van der Waals surface area contributed by atoms with Gasteiger partial charge < -0.3 is 24.8 Å². The quantitative estimate of drug-likeness (QED) is 0.216. The van der Waals surface area contributed by atoms with Crippen LogP contribution in [0.5, 0.6) is 5.75 Å². The predicted octanol–water partition coefficient (Wildman–Crippen LogP) is 3.13. The summed E-state index contributed by atoms with van der Waals surface area (Å²) in [5.41, 5.74) is 1.24. The van der Waals surface area contributed by atoms with Crippen molar-refractivity contribution in [2.45, 2.75) is 39.2 Å². The second-order valence-corrected chi connectivity index (χ2v) is 6.41. The van der Waals surface area contributed by atoms with E-state index in [4.69, 9.17) is 14.2 Å². The number of hydrogen-bond donors (Lipinski definition) is 2. The summed E-state index contributed by atoms with van der Waals surface area (Å²) in [6.07, 6.45) is 3.14. The number of hydrogen-bond acceptors (Lipinski definition) is 4. The van der Waals surface area contributed by atoms with Gasteiger partial charge in [-0.05, 0) is 38.8 Å². The van der Waals surface area contributed by atoms with Gasteiger partial charge in [-0.2, -0.15) is 0 Å². The topological polar surface area (TPSA) is 64.1 Å². The number of benzene rings is 1. The number of halogens is 1. The van der Waals surface area contributed by atoms with Crippen LogP contribution in [-0.2, 0) is 9.47 Å². The third-order valence-corrected chi connectivity index (χ3v) is 4.06. The smallest absolute Gasteiger partial charge is 0.191 e. The van der Waals surface area contributed by atoms with Gasteiger partial charge in [0.2, 0.25) is 0 Å². The van der Waals surface area contributed by atoms with Crippen molar-refractivity contribution >= 4 is 29.9 Å². The Morgan fingerprint density at radius 2 is 2.00 bits per heavy atom. The van der Waals surface area contributed by atoms with E-state index in [1.54, 1.807) is 0 Å². The molecule has 27 heavy (non-hydrogen) atoms. The maximum Gasteiger partial charge on any atom is 0.191 e. The monoisotopic (exact) mass is 491 g/mol. The van der Waals surface area contributed by atoms with Crippen LogP contribution in [0.1, 0.15) is 31.7 Å². The van der Waals surface area contributed by atoms with E-state index >= 15 is 0 Å². The van der Waals surface area contributed by atoms with E-state index in [0.29, 0.717) is 6.61 Å². The molecule has 1 aromatic rings. The van der Waals surface area contributed by atoms with Crippen molar-refractivity contribution in [3.05, 3.63) is 29.8 Å². The average molecular weight is 491 g/mol. The lowest BCUT2D eigenvalue weighted by Crippen LogP contribution is -2.38. The molecule has 154 valence electrons. The summed E-state index contributed by atoms with van der Waals surface area (Å²) in [7, 11) is 0. The van der Waals surface area contributed by atoms with E-state index in [-0.39, 0.29) is 30.1 Å². The minimum Gasteiger partial charge on any atom is -0.494 e. The van der Waals surface area contributed by atoms with Crippen LogP contribution >= 0.6 is 24.0 Å². The van der Waals surface area contributed by atoms with Gasteiger partial charge in [-0.3, -0.25) is 4.99 Å². The van der Waals surface area contributed by atoms with E-state index in [1.807, 2.05) is 12.1 Å². The molecule has 0 aliphatic carbocycles. The fourth-order valence-electron chi connectivity index (χ4n) is 2.59. The Morgan fingerprint density at radius 3 is 2.70 bits per heavy atom. The summed E-state index contributed by atoms with van der Waals surface area (Å²) in [4.78, 5) is 4.59. The number of aryl methyl sites for hydroxylation is 1. The highest BCUT2D eigenvalue weighted by Crippen LogP contribution is 2.11. The van der Waals surface area contributed by atoms with Crippen LogP contribution in [0.15, 0.2) is 29.3 Å². The molecule has 6 nitrogen and oxygen atoms in total. The highest BCUT2D eigenvalue weighted by atomic mass is 127. The molecule has 7 heteroatoms. The number of guanidine groups is 1. The highest BCUT2D eigenvalue weighted by molar-refractivity contribution is 14.0. The van der Waals surface area contributed by atoms with Gasteiger partial charge in [0.25, 0.3) is 0 Å². The first-order chi connectivity index (χ1) is 12.8. The molecule has 1 heterocycles. The molecule has 2 rings (SSSR count). The number of nitrogens with one attached hydrogen (secondary N) is 2. The van der Waals surface area contributed by atoms with E-state index in [9.17, 15) is 0 Å². The standard InChI is InChI=1S/C20H33N3O3.HI/c1-3-21-20(23-12-5-14-26-19-10-15-24-16-19)22-11-4-13-25-18-8-6-17(2)7-9-18;/h6-9,19H,3-5,10-16H2,1-2H3,(H2,21,22,23);1H. The molecule has 1 aliphatic rings. The Balaban J connectivity index is 0.00000364. The van der Waals surface area contributed by atoms with E-state index < -0.39 is 0 Å². The molecule has 1 aliphatic heterocycles. The van der Waals surface area contributed by atoms with Gasteiger partial charge in [0, 0.05) is 39.3 Å². The van der Waals surface area contributed by atoms with Crippen molar-refractivity contribution < 1.29 is 14.2 Å². The van der Waals surface area contributed by atoms with Crippen molar-refractivity contribution in [3.63, 3.8) is 0 Å². The third-order valence-electron chi connectivity index (χ3n) is 4.06. The van der Waals surface area contributed by atoms with Crippen molar-refractivity contribution in [1.82, 2.24) is 10.6 Å². The number of rotatable bonds is 11. The zero-order valence-corrected chi connectivity index (χ0v) is 18.9. The molecule has 0 radical (unpaired) electrons. The Hall–Kier alpha value is -1.06.